The molecule has 6 heteroatoms. The molecule has 3 rings (SSSR count). The summed E-state index contributed by atoms with van der Waals surface area (Å²) in [6.07, 6.45) is 0. The summed E-state index contributed by atoms with van der Waals surface area (Å²) in [5.74, 6) is -0.289. The van der Waals surface area contributed by atoms with E-state index in [1.54, 1.807) is 25.1 Å². The first-order valence-electron chi connectivity index (χ1n) is 9.26. The van der Waals surface area contributed by atoms with Gasteiger partial charge in [-0.3, -0.25) is 25.4 Å². The van der Waals surface area contributed by atoms with Crippen LogP contribution in [0.1, 0.15) is 27.2 Å². The van der Waals surface area contributed by atoms with Gasteiger partial charge in [-0.05, 0) is 56.2 Å². The van der Waals surface area contributed by atoms with E-state index in [4.69, 9.17) is 4.74 Å². The van der Waals surface area contributed by atoms with Gasteiger partial charge in [0, 0.05) is 5.56 Å². The summed E-state index contributed by atoms with van der Waals surface area (Å²) in [6.45, 7) is 5.53. The summed E-state index contributed by atoms with van der Waals surface area (Å²) in [7, 11) is 0. The SMILES string of the molecule is Cc1ccc(OCC(=O)NNC(=O)c2ccc(-c3ccccc3)nc2C)cc1C. The maximum Gasteiger partial charge on any atom is 0.276 e. The number of nitrogens with one attached hydrogen (secondary N) is 2. The Morgan fingerprint density at radius 3 is 2.34 bits per heavy atom. The Balaban J connectivity index is 1.54. The van der Waals surface area contributed by atoms with E-state index in [-0.39, 0.29) is 6.61 Å². The number of hydrazine groups is 1. The topological polar surface area (TPSA) is 80.3 Å². The second-order valence-corrected chi connectivity index (χ2v) is 6.73. The van der Waals surface area contributed by atoms with Crippen LogP contribution in [-0.4, -0.2) is 23.4 Å². The van der Waals surface area contributed by atoms with Crippen molar-refractivity contribution in [1.82, 2.24) is 15.8 Å². The van der Waals surface area contributed by atoms with E-state index in [1.807, 2.05) is 56.3 Å². The summed E-state index contributed by atoms with van der Waals surface area (Å²) >= 11 is 0. The molecule has 2 N–H and O–H groups in total. The highest BCUT2D eigenvalue weighted by molar-refractivity contribution is 5.96. The summed E-state index contributed by atoms with van der Waals surface area (Å²) in [4.78, 5) is 28.8. The smallest absolute Gasteiger partial charge is 0.276 e. The van der Waals surface area contributed by atoms with Crippen molar-refractivity contribution in [3.8, 4) is 17.0 Å². The number of nitrogens with zero attached hydrogens (tertiary/aromatic N) is 1. The standard InChI is InChI=1S/C23H23N3O3/c1-15-9-10-19(13-16(15)2)29-14-22(27)25-26-23(28)20-11-12-21(24-17(20)3)18-7-5-4-6-8-18/h4-13H,14H2,1-3H3,(H,25,27)(H,26,28). The minimum atomic E-state index is -0.455. The van der Waals surface area contributed by atoms with E-state index in [0.717, 1.165) is 22.4 Å². The Hall–Kier alpha value is -3.67. The summed E-state index contributed by atoms with van der Waals surface area (Å²) < 4.78 is 5.45. The van der Waals surface area contributed by atoms with E-state index < -0.39 is 11.8 Å². The summed E-state index contributed by atoms with van der Waals surface area (Å²) in [5.41, 5.74) is 9.70. The van der Waals surface area contributed by atoms with Crippen molar-refractivity contribution in [3.05, 3.63) is 83.0 Å². The van der Waals surface area contributed by atoms with E-state index in [9.17, 15) is 9.59 Å². The highest BCUT2D eigenvalue weighted by Gasteiger charge is 2.13. The number of amides is 2. The van der Waals surface area contributed by atoms with Crippen molar-refractivity contribution in [3.63, 3.8) is 0 Å². The van der Waals surface area contributed by atoms with Gasteiger partial charge in [0.2, 0.25) is 0 Å². The number of hydrogen-bond donors (Lipinski definition) is 2. The molecule has 0 aliphatic rings. The minimum absolute atomic E-state index is 0.201. The van der Waals surface area contributed by atoms with Crippen molar-refractivity contribution in [2.24, 2.45) is 0 Å². The zero-order valence-corrected chi connectivity index (χ0v) is 16.7. The molecule has 0 radical (unpaired) electrons. The summed E-state index contributed by atoms with van der Waals surface area (Å²) in [5, 5.41) is 0. The molecule has 0 atom stereocenters. The van der Waals surface area contributed by atoms with Crippen LogP contribution in [0.4, 0.5) is 0 Å². The Kier molecular flexibility index (Phi) is 6.24. The molecule has 1 heterocycles. The first kappa shape index (κ1) is 20.1. The first-order valence-corrected chi connectivity index (χ1v) is 9.26. The predicted octanol–water partition coefficient (Wildman–Crippen LogP) is 3.51. The van der Waals surface area contributed by atoms with Crippen molar-refractivity contribution < 1.29 is 14.3 Å². The number of pyridine rings is 1. The van der Waals surface area contributed by atoms with Gasteiger partial charge in [0.05, 0.1) is 17.0 Å². The van der Waals surface area contributed by atoms with Crippen LogP contribution >= 0.6 is 0 Å². The molecule has 0 bridgehead atoms. The van der Waals surface area contributed by atoms with Crippen LogP contribution in [0.3, 0.4) is 0 Å². The zero-order valence-electron chi connectivity index (χ0n) is 16.7. The lowest BCUT2D eigenvalue weighted by atomic mass is 10.1. The van der Waals surface area contributed by atoms with Gasteiger partial charge in [-0.15, -0.1) is 0 Å². The Morgan fingerprint density at radius 2 is 1.66 bits per heavy atom. The van der Waals surface area contributed by atoms with Gasteiger partial charge in [-0.1, -0.05) is 36.4 Å². The maximum absolute atomic E-state index is 12.4. The third kappa shape index (κ3) is 5.19. The van der Waals surface area contributed by atoms with Gasteiger partial charge in [0.25, 0.3) is 11.8 Å². The minimum Gasteiger partial charge on any atom is -0.484 e. The molecule has 0 fully saturated rings. The molecule has 6 nitrogen and oxygen atoms in total. The maximum atomic E-state index is 12.4. The molecule has 148 valence electrons. The Morgan fingerprint density at radius 1 is 0.897 bits per heavy atom. The predicted molar refractivity (Wildman–Crippen MR) is 111 cm³/mol. The lowest BCUT2D eigenvalue weighted by Gasteiger charge is -2.11. The molecule has 2 aromatic carbocycles. The largest absolute Gasteiger partial charge is 0.484 e. The number of hydrogen-bond acceptors (Lipinski definition) is 4. The molecule has 0 spiro atoms. The molecule has 1 aromatic heterocycles. The van der Waals surface area contributed by atoms with Crippen LogP contribution in [0, 0.1) is 20.8 Å². The van der Waals surface area contributed by atoms with Crippen molar-refractivity contribution >= 4 is 11.8 Å². The van der Waals surface area contributed by atoms with Crippen LogP contribution < -0.4 is 15.6 Å². The number of benzene rings is 2. The van der Waals surface area contributed by atoms with Gasteiger partial charge in [-0.2, -0.15) is 0 Å². The number of carbonyl (C=O) groups excluding carboxylic acids is 2. The van der Waals surface area contributed by atoms with E-state index >= 15 is 0 Å². The van der Waals surface area contributed by atoms with Crippen molar-refractivity contribution in [1.29, 1.82) is 0 Å². The lowest BCUT2D eigenvalue weighted by molar-refractivity contribution is -0.123. The Bertz CT molecular complexity index is 1030. The molecular formula is C23H23N3O3. The average molecular weight is 389 g/mol. The van der Waals surface area contributed by atoms with E-state index in [2.05, 4.69) is 15.8 Å². The lowest BCUT2D eigenvalue weighted by Crippen LogP contribution is -2.44. The molecule has 0 saturated heterocycles. The molecule has 0 aliphatic carbocycles. The van der Waals surface area contributed by atoms with Crippen LogP contribution in [0.2, 0.25) is 0 Å². The number of aryl methyl sites for hydroxylation is 3. The molecule has 3 aromatic rings. The zero-order chi connectivity index (χ0) is 20.8. The van der Waals surface area contributed by atoms with E-state index in [0.29, 0.717) is 17.0 Å². The van der Waals surface area contributed by atoms with Crippen LogP contribution in [0.25, 0.3) is 11.3 Å². The second-order valence-electron chi connectivity index (χ2n) is 6.73. The monoisotopic (exact) mass is 389 g/mol. The van der Waals surface area contributed by atoms with Crippen molar-refractivity contribution in [2.75, 3.05) is 6.61 Å². The van der Waals surface area contributed by atoms with Gasteiger partial charge >= 0.3 is 0 Å². The van der Waals surface area contributed by atoms with Gasteiger partial charge in [0.1, 0.15) is 5.75 Å². The number of ether oxygens (including phenoxy) is 1. The molecular weight excluding hydrogens is 366 g/mol. The second kappa shape index (κ2) is 9.01. The summed E-state index contributed by atoms with van der Waals surface area (Å²) in [6, 6.07) is 18.8. The third-order valence-corrected chi connectivity index (χ3v) is 4.56. The van der Waals surface area contributed by atoms with E-state index in [1.165, 1.54) is 0 Å². The quantitative estimate of drug-likeness (QED) is 0.655. The first-order chi connectivity index (χ1) is 13.9. The molecule has 0 saturated carbocycles. The fourth-order valence-electron chi connectivity index (χ4n) is 2.75. The van der Waals surface area contributed by atoms with Crippen LogP contribution in [0.5, 0.6) is 5.75 Å². The molecule has 0 aliphatic heterocycles. The van der Waals surface area contributed by atoms with Crippen LogP contribution in [0.15, 0.2) is 60.7 Å². The average Bonchev–Trinajstić information content (AvgIpc) is 2.73. The highest BCUT2D eigenvalue weighted by Crippen LogP contribution is 2.18. The molecule has 2 amide bonds. The number of carbonyl (C=O) groups is 2. The third-order valence-electron chi connectivity index (χ3n) is 4.56. The van der Waals surface area contributed by atoms with Gasteiger partial charge < -0.3 is 4.74 Å². The van der Waals surface area contributed by atoms with Gasteiger partial charge in [-0.25, -0.2) is 0 Å². The number of aromatic nitrogens is 1. The molecule has 0 unspecified atom stereocenters. The fourth-order valence-corrected chi connectivity index (χ4v) is 2.75. The molecule has 29 heavy (non-hydrogen) atoms. The fraction of sp³-hybridized carbons (Fsp3) is 0.174. The number of rotatable bonds is 5. The normalized spacial score (nSPS) is 10.3. The van der Waals surface area contributed by atoms with Crippen molar-refractivity contribution in [2.45, 2.75) is 20.8 Å². The highest BCUT2D eigenvalue weighted by atomic mass is 16.5. The van der Waals surface area contributed by atoms with Crippen LogP contribution in [-0.2, 0) is 4.79 Å². The Labute approximate surface area is 169 Å². The van der Waals surface area contributed by atoms with Gasteiger partial charge in [0.15, 0.2) is 6.61 Å².